The van der Waals surface area contributed by atoms with Crippen molar-refractivity contribution in [2.45, 2.75) is 19.9 Å². The smallest absolute Gasteiger partial charge is 0.128 e. The van der Waals surface area contributed by atoms with Crippen molar-refractivity contribution in [3.05, 3.63) is 34.9 Å². The lowest BCUT2D eigenvalue weighted by Crippen LogP contribution is -2.36. The molecule has 0 spiro atoms. The highest BCUT2D eigenvalue weighted by molar-refractivity contribution is 5.25. The predicted octanol–water partition coefficient (Wildman–Crippen LogP) is 2.48. The molecule has 0 unspecified atom stereocenters. The van der Waals surface area contributed by atoms with Gasteiger partial charge in [-0.2, -0.15) is 0 Å². The molecule has 1 aromatic rings. The molecule has 1 saturated heterocycles. The molecule has 0 aromatic heterocycles. The maximum atomic E-state index is 13.4. The van der Waals surface area contributed by atoms with E-state index in [-0.39, 0.29) is 11.6 Å². The molecular weight excluding hydrogens is 184 g/mol. The van der Waals surface area contributed by atoms with E-state index in [2.05, 4.69) is 4.90 Å². The van der Waals surface area contributed by atoms with Crippen LogP contribution in [0.1, 0.15) is 17.5 Å². The minimum atomic E-state index is -0.318. The molecule has 1 heterocycles. The van der Waals surface area contributed by atoms with Gasteiger partial charge in [0, 0.05) is 12.1 Å². The minimum absolute atomic E-state index is 0.296. The normalized spacial score (nSPS) is 16.8. The van der Waals surface area contributed by atoms with Gasteiger partial charge in [-0.1, -0.05) is 0 Å². The summed E-state index contributed by atoms with van der Waals surface area (Å²) < 4.78 is 26.5. The van der Waals surface area contributed by atoms with E-state index in [1.54, 1.807) is 6.92 Å². The van der Waals surface area contributed by atoms with Crippen LogP contribution in [0.25, 0.3) is 0 Å². The molecule has 1 fully saturated rings. The van der Waals surface area contributed by atoms with Gasteiger partial charge in [-0.15, -0.1) is 0 Å². The van der Waals surface area contributed by atoms with E-state index >= 15 is 0 Å². The Morgan fingerprint density at radius 1 is 1.21 bits per heavy atom. The molecule has 2 rings (SSSR count). The van der Waals surface area contributed by atoms with Crippen LogP contribution in [0.3, 0.4) is 0 Å². The minimum Gasteiger partial charge on any atom is -0.299 e. The molecule has 1 aliphatic heterocycles. The molecule has 76 valence electrons. The van der Waals surface area contributed by atoms with Crippen LogP contribution in [0.15, 0.2) is 12.1 Å². The molecule has 0 bridgehead atoms. The zero-order valence-electron chi connectivity index (χ0n) is 8.19. The molecule has 0 N–H and O–H groups in total. The van der Waals surface area contributed by atoms with Crippen molar-refractivity contribution in [3.63, 3.8) is 0 Å². The van der Waals surface area contributed by atoms with Crippen molar-refractivity contribution in [1.29, 1.82) is 0 Å². The fourth-order valence-corrected chi connectivity index (χ4v) is 1.59. The first-order valence-electron chi connectivity index (χ1n) is 4.83. The number of hydrogen-bond acceptors (Lipinski definition) is 1. The van der Waals surface area contributed by atoms with Crippen LogP contribution in [0, 0.1) is 18.6 Å². The molecule has 0 saturated carbocycles. The summed E-state index contributed by atoms with van der Waals surface area (Å²) in [5, 5.41) is 0. The first-order chi connectivity index (χ1) is 6.66. The zero-order chi connectivity index (χ0) is 10.1. The summed E-state index contributed by atoms with van der Waals surface area (Å²) in [6.45, 7) is 4.10. The van der Waals surface area contributed by atoms with Crippen molar-refractivity contribution in [3.8, 4) is 0 Å². The number of rotatable bonds is 2. The number of hydrogen-bond donors (Lipinski definition) is 0. The summed E-state index contributed by atoms with van der Waals surface area (Å²) in [6.07, 6.45) is 1.16. The Morgan fingerprint density at radius 2 is 1.93 bits per heavy atom. The third-order valence-electron chi connectivity index (χ3n) is 2.67. The third kappa shape index (κ3) is 1.77. The van der Waals surface area contributed by atoms with Crippen LogP contribution >= 0.6 is 0 Å². The first kappa shape index (κ1) is 9.59. The zero-order valence-corrected chi connectivity index (χ0v) is 8.19. The Bertz CT molecular complexity index is 345. The second-order valence-electron chi connectivity index (χ2n) is 3.82. The fraction of sp³-hybridized carbons (Fsp3) is 0.455. The molecule has 0 atom stereocenters. The largest absolute Gasteiger partial charge is 0.299 e. The van der Waals surface area contributed by atoms with E-state index in [0.717, 1.165) is 19.5 Å². The Labute approximate surface area is 82.3 Å². The van der Waals surface area contributed by atoms with Crippen molar-refractivity contribution in [1.82, 2.24) is 4.90 Å². The van der Waals surface area contributed by atoms with Crippen molar-refractivity contribution >= 4 is 0 Å². The summed E-state index contributed by atoms with van der Waals surface area (Å²) in [5.74, 6) is -0.613. The summed E-state index contributed by atoms with van der Waals surface area (Å²) in [5.41, 5.74) is 0.836. The monoisotopic (exact) mass is 197 g/mol. The summed E-state index contributed by atoms with van der Waals surface area (Å²) >= 11 is 0. The lowest BCUT2D eigenvalue weighted by Gasteiger charge is -2.30. The van der Waals surface area contributed by atoms with Gasteiger partial charge in [0.15, 0.2) is 0 Å². The second kappa shape index (κ2) is 3.65. The van der Waals surface area contributed by atoms with Crippen LogP contribution in [0.2, 0.25) is 0 Å². The maximum Gasteiger partial charge on any atom is 0.128 e. The number of aryl methyl sites for hydroxylation is 1. The Hall–Kier alpha value is -0.960. The predicted molar refractivity (Wildman–Crippen MR) is 51.0 cm³/mol. The summed E-state index contributed by atoms with van der Waals surface area (Å²) in [6, 6.07) is 2.58. The highest BCUT2D eigenvalue weighted by Gasteiger charge is 2.16. The van der Waals surface area contributed by atoms with E-state index < -0.39 is 0 Å². The molecule has 0 aliphatic carbocycles. The van der Waals surface area contributed by atoms with Gasteiger partial charge in [-0.25, -0.2) is 8.78 Å². The van der Waals surface area contributed by atoms with Crippen molar-refractivity contribution < 1.29 is 8.78 Å². The number of benzene rings is 1. The first-order valence-corrected chi connectivity index (χ1v) is 4.83. The highest BCUT2D eigenvalue weighted by atomic mass is 19.1. The molecule has 0 amide bonds. The van der Waals surface area contributed by atoms with Gasteiger partial charge >= 0.3 is 0 Å². The van der Waals surface area contributed by atoms with Gasteiger partial charge in [0.2, 0.25) is 0 Å². The van der Waals surface area contributed by atoms with E-state index in [0.29, 0.717) is 17.7 Å². The Kier molecular flexibility index (Phi) is 2.50. The average molecular weight is 197 g/mol. The Morgan fingerprint density at radius 3 is 2.50 bits per heavy atom. The van der Waals surface area contributed by atoms with Gasteiger partial charge in [0.1, 0.15) is 11.6 Å². The second-order valence-corrected chi connectivity index (χ2v) is 3.82. The lowest BCUT2D eigenvalue weighted by atomic mass is 10.1. The van der Waals surface area contributed by atoms with Crippen molar-refractivity contribution in [2.75, 3.05) is 13.1 Å². The molecule has 1 nitrogen and oxygen atoms in total. The van der Waals surface area contributed by atoms with Gasteiger partial charge in [0.25, 0.3) is 0 Å². The number of likely N-dealkylation sites (tertiary alicyclic amines) is 1. The van der Waals surface area contributed by atoms with Crippen LogP contribution in [-0.4, -0.2) is 18.0 Å². The van der Waals surface area contributed by atoms with Crippen LogP contribution in [-0.2, 0) is 6.54 Å². The topological polar surface area (TPSA) is 3.24 Å². The van der Waals surface area contributed by atoms with Gasteiger partial charge in [-0.05, 0) is 44.1 Å². The summed E-state index contributed by atoms with van der Waals surface area (Å²) in [4.78, 5) is 2.10. The maximum absolute atomic E-state index is 13.4. The van der Waals surface area contributed by atoms with Crippen LogP contribution < -0.4 is 0 Å². The quantitative estimate of drug-likeness (QED) is 0.704. The van der Waals surface area contributed by atoms with Crippen molar-refractivity contribution in [2.24, 2.45) is 0 Å². The Balaban J connectivity index is 2.19. The molecule has 3 heteroatoms. The molecular formula is C11H13F2N. The standard InChI is InChI=1S/C11H13F2N/c1-8-5-11(13)9(6-10(8)12)7-14-3-2-4-14/h5-6H,2-4,7H2,1H3. The molecule has 0 radical (unpaired) electrons. The van der Waals surface area contributed by atoms with Gasteiger partial charge < -0.3 is 0 Å². The average Bonchev–Trinajstić information content (AvgIpc) is 2.06. The highest BCUT2D eigenvalue weighted by Crippen LogP contribution is 2.18. The molecule has 14 heavy (non-hydrogen) atoms. The van der Waals surface area contributed by atoms with Crippen LogP contribution in [0.4, 0.5) is 8.78 Å². The van der Waals surface area contributed by atoms with Gasteiger partial charge in [-0.3, -0.25) is 4.90 Å². The molecule has 1 aromatic carbocycles. The van der Waals surface area contributed by atoms with Gasteiger partial charge in [0.05, 0.1) is 0 Å². The summed E-state index contributed by atoms with van der Waals surface area (Å²) in [7, 11) is 0. The van der Waals surface area contributed by atoms with E-state index in [1.807, 2.05) is 0 Å². The number of nitrogens with zero attached hydrogens (tertiary/aromatic N) is 1. The van der Waals surface area contributed by atoms with Crippen LogP contribution in [0.5, 0.6) is 0 Å². The third-order valence-corrected chi connectivity index (χ3v) is 2.67. The SMILES string of the molecule is Cc1cc(F)c(CN2CCC2)cc1F. The van der Waals surface area contributed by atoms with E-state index in [1.165, 1.54) is 12.1 Å². The number of halogens is 2. The fourth-order valence-electron chi connectivity index (χ4n) is 1.59. The lowest BCUT2D eigenvalue weighted by molar-refractivity contribution is 0.170. The van der Waals surface area contributed by atoms with E-state index in [4.69, 9.17) is 0 Å². The molecule has 1 aliphatic rings. The van der Waals surface area contributed by atoms with E-state index in [9.17, 15) is 8.78 Å².